The highest BCUT2D eigenvalue weighted by Gasteiger charge is 2.08. The summed E-state index contributed by atoms with van der Waals surface area (Å²) in [6.45, 7) is 8.73. The molecule has 88 valence electrons. The van der Waals surface area contributed by atoms with E-state index in [0.717, 1.165) is 5.75 Å². The molecule has 1 aromatic carbocycles. The molecule has 2 N–H and O–H groups in total. The summed E-state index contributed by atoms with van der Waals surface area (Å²) < 4.78 is 5.75. The van der Waals surface area contributed by atoms with Gasteiger partial charge in [0, 0.05) is 5.92 Å². The molecule has 1 aromatic rings. The lowest BCUT2D eigenvalue weighted by molar-refractivity contribution is 0.291. The van der Waals surface area contributed by atoms with E-state index in [2.05, 4.69) is 32.9 Å². The number of aryl methyl sites for hydroxylation is 2. The molecule has 0 aliphatic heterocycles. The van der Waals surface area contributed by atoms with Gasteiger partial charge in [0.1, 0.15) is 5.75 Å². The third-order valence-corrected chi connectivity index (χ3v) is 3.14. The maximum atomic E-state index is 5.75. The SMILES string of the molecule is Cc1cc(C)c(C)c(OCC(C)C(N)=S)c1. The Bertz CT molecular complexity index is 401. The number of nitrogens with two attached hydrogens (primary N) is 1. The lowest BCUT2D eigenvalue weighted by Gasteiger charge is -2.15. The summed E-state index contributed by atoms with van der Waals surface area (Å²) in [5.41, 5.74) is 9.19. The lowest BCUT2D eigenvalue weighted by atomic mass is 10.1. The number of benzene rings is 1. The highest BCUT2D eigenvalue weighted by molar-refractivity contribution is 7.80. The highest BCUT2D eigenvalue weighted by atomic mass is 32.1. The zero-order valence-corrected chi connectivity index (χ0v) is 11.1. The van der Waals surface area contributed by atoms with Crippen LogP contribution in [0.15, 0.2) is 12.1 Å². The van der Waals surface area contributed by atoms with Crippen molar-refractivity contribution >= 4 is 17.2 Å². The second-order valence-electron chi connectivity index (χ2n) is 4.32. The summed E-state index contributed by atoms with van der Waals surface area (Å²) in [6.07, 6.45) is 0. The van der Waals surface area contributed by atoms with E-state index < -0.39 is 0 Å². The van der Waals surface area contributed by atoms with E-state index >= 15 is 0 Å². The van der Waals surface area contributed by atoms with E-state index in [4.69, 9.17) is 22.7 Å². The Morgan fingerprint density at radius 1 is 1.38 bits per heavy atom. The van der Waals surface area contributed by atoms with Gasteiger partial charge in [-0.1, -0.05) is 25.2 Å². The summed E-state index contributed by atoms with van der Waals surface area (Å²) in [6, 6.07) is 4.20. The van der Waals surface area contributed by atoms with Gasteiger partial charge in [-0.05, 0) is 43.5 Å². The molecule has 0 aliphatic carbocycles. The van der Waals surface area contributed by atoms with E-state index in [1.807, 2.05) is 6.92 Å². The van der Waals surface area contributed by atoms with Gasteiger partial charge in [0.25, 0.3) is 0 Å². The minimum atomic E-state index is 0.107. The van der Waals surface area contributed by atoms with Crippen LogP contribution in [-0.2, 0) is 0 Å². The van der Waals surface area contributed by atoms with Gasteiger partial charge in [0.15, 0.2) is 0 Å². The molecule has 1 rings (SSSR count). The molecule has 0 amide bonds. The summed E-state index contributed by atoms with van der Waals surface area (Å²) in [5.74, 6) is 1.04. The number of hydrogen-bond acceptors (Lipinski definition) is 2. The molecule has 1 unspecified atom stereocenters. The quantitative estimate of drug-likeness (QED) is 0.818. The maximum absolute atomic E-state index is 5.75. The van der Waals surface area contributed by atoms with Crippen molar-refractivity contribution in [1.29, 1.82) is 0 Å². The van der Waals surface area contributed by atoms with Crippen molar-refractivity contribution in [1.82, 2.24) is 0 Å². The first-order chi connectivity index (χ1) is 7.41. The van der Waals surface area contributed by atoms with Crippen LogP contribution in [0, 0.1) is 26.7 Å². The largest absolute Gasteiger partial charge is 0.493 e. The van der Waals surface area contributed by atoms with Crippen molar-refractivity contribution in [2.75, 3.05) is 6.61 Å². The van der Waals surface area contributed by atoms with Gasteiger partial charge in [0.2, 0.25) is 0 Å². The van der Waals surface area contributed by atoms with Gasteiger partial charge in [-0.25, -0.2) is 0 Å². The molecule has 0 fully saturated rings. The Morgan fingerprint density at radius 2 is 2.00 bits per heavy atom. The molecule has 0 aromatic heterocycles. The zero-order chi connectivity index (χ0) is 12.3. The summed E-state index contributed by atoms with van der Waals surface area (Å²) in [5, 5.41) is 0. The first-order valence-electron chi connectivity index (χ1n) is 5.41. The fourth-order valence-corrected chi connectivity index (χ4v) is 1.52. The van der Waals surface area contributed by atoms with Crippen LogP contribution in [0.2, 0.25) is 0 Å². The topological polar surface area (TPSA) is 35.2 Å². The Morgan fingerprint density at radius 3 is 2.56 bits per heavy atom. The predicted octanol–water partition coefficient (Wildman–Crippen LogP) is 2.91. The molecular formula is C13H19NOS. The minimum absolute atomic E-state index is 0.107. The monoisotopic (exact) mass is 237 g/mol. The minimum Gasteiger partial charge on any atom is -0.493 e. The molecular weight excluding hydrogens is 218 g/mol. The molecule has 0 saturated carbocycles. The standard InChI is InChI=1S/C13H19NOS/c1-8-5-9(2)11(4)12(6-8)15-7-10(3)13(14)16/h5-6,10H,7H2,1-4H3,(H2,14,16). The average Bonchev–Trinajstić information content (AvgIpc) is 2.20. The number of ether oxygens (including phenoxy) is 1. The van der Waals surface area contributed by atoms with Crippen molar-refractivity contribution in [2.24, 2.45) is 11.7 Å². The summed E-state index contributed by atoms with van der Waals surface area (Å²) >= 11 is 4.92. The lowest BCUT2D eigenvalue weighted by Crippen LogP contribution is -2.24. The van der Waals surface area contributed by atoms with Gasteiger partial charge in [-0.15, -0.1) is 0 Å². The third-order valence-electron chi connectivity index (χ3n) is 2.74. The first-order valence-corrected chi connectivity index (χ1v) is 5.82. The van der Waals surface area contributed by atoms with Gasteiger partial charge in [-0.2, -0.15) is 0 Å². The van der Waals surface area contributed by atoms with Crippen molar-refractivity contribution in [3.05, 3.63) is 28.8 Å². The molecule has 2 nitrogen and oxygen atoms in total. The van der Waals surface area contributed by atoms with Crippen LogP contribution >= 0.6 is 12.2 Å². The van der Waals surface area contributed by atoms with Crippen LogP contribution in [-0.4, -0.2) is 11.6 Å². The Labute approximate surface area is 103 Å². The second-order valence-corrected chi connectivity index (χ2v) is 4.79. The molecule has 0 bridgehead atoms. The maximum Gasteiger partial charge on any atom is 0.122 e. The van der Waals surface area contributed by atoms with Crippen LogP contribution in [0.3, 0.4) is 0 Å². The Balaban J connectivity index is 2.78. The second kappa shape index (κ2) is 5.30. The van der Waals surface area contributed by atoms with Gasteiger partial charge >= 0.3 is 0 Å². The normalized spacial score (nSPS) is 12.2. The van der Waals surface area contributed by atoms with Crippen LogP contribution < -0.4 is 10.5 Å². The molecule has 0 spiro atoms. The molecule has 0 heterocycles. The number of rotatable bonds is 4. The van der Waals surface area contributed by atoms with Crippen LogP contribution in [0.5, 0.6) is 5.75 Å². The molecule has 3 heteroatoms. The predicted molar refractivity (Wildman–Crippen MR) is 72.1 cm³/mol. The van der Waals surface area contributed by atoms with Crippen LogP contribution in [0.25, 0.3) is 0 Å². The van der Waals surface area contributed by atoms with Crippen molar-refractivity contribution in [3.63, 3.8) is 0 Å². The zero-order valence-electron chi connectivity index (χ0n) is 10.3. The molecule has 0 radical (unpaired) electrons. The van der Waals surface area contributed by atoms with Gasteiger partial charge in [-0.3, -0.25) is 0 Å². The molecule has 16 heavy (non-hydrogen) atoms. The highest BCUT2D eigenvalue weighted by Crippen LogP contribution is 2.23. The molecule has 1 atom stereocenters. The van der Waals surface area contributed by atoms with E-state index in [9.17, 15) is 0 Å². The van der Waals surface area contributed by atoms with E-state index in [1.165, 1.54) is 16.7 Å². The van der Waals surface area contributed by atoms with Crippen molar-refractivity contribution in [2.45, 2.75) is 27.7 Å². The number of thiocarbonyl (C=S) groups is 1. The smallest absolute Gasteiger partial charge is 0.122 e. The van der Waals surface area contributed by atoms with Crippen molar-refractivity contribution in [3.8, 4) is 5.75 Å². The summed E-state index contributed by atoms with van der Waals surface area (Å²) in [4.78, 5) is 0.502. The molecule has 0 aliphatic rings. The van der Waals surface area contributed by atoms with Gasteiger partial charge < -0.3 is 10.5 Å². The van der Waals surface area contributed by atoms with E-state index in [0.29, 0.717) is 11.6 Å². The number of hydrogen-bond donors (Lipinski definition) is 1. The Hall–Kier alpha value is -1.09. The average molecular weight is 237 g/mol. The van der Waals surface area contributed by atoms with E-state index in [1.54, 1.807) is 0 Å². The van der Waals surface area contributed by atoms with Crippen molar-refractivity contribution < 1.29 is 4.74 Å². The van der Waals surface area contributed by atoms with E-state index in [-0.39, 0.29) is 5.92 Å². The fourth-order valence-electron chi connectivity index (χ4n) is 1.45. The van der Waals surface area contributed by atoms with Crippen LogP contribution in [0.4, 0.5) is 0 Å². The molecule has 0 saturated heterocycles. The first kappa shape index (κ1) is 13.0. The Kier molecular flexibility index (Phi) is 4.30. The van der Waals surface area contributed by atoms with Crippen LogP contribution in [0.1, 0.15) is 23.6 Å². The third kappa shape index (κ3) is 3.20. The van der Waals surface area contributed by atoms with Gasteiger partial charge in [0.05, 0.1) is 11.6 Å². The summed E-state index contributed by atoms with van der Waals surface area (Å²) in [7, 11) is 0. The fraction of sp³-hybridized carbons (Fsp3) is 0.462.